The van der Waals surface area contributed by atoms with Crippen LogP contribution >= 0.6 is 23.1 Å². The summed E-state index contributed by atoms with van der Waals surface area (Å²) in [5.41, 5.74) is 4.79. The van der Waals surface area contributed by atoms with Gasteiger partial charge in [0.05, 0.1) is 0 Å². The molecule has 2 aromatic rings. The Kier molecular flexibility index (Phi) is 8.71. The van der Waals surface area contributed by atoms with E-state index in [1.807, 2.05) is 0 Å². The number of carboxylic acids is 1. The maximum absolute atomic E-state index is 13.0. The fraction of sp³-hybridized carbons (Fsp3) is 0.261. The molecule has 1 aromatic carbocycles. The van der Waals surface area contributed by atoms with Crippen molar-refractivity contribution >= 4 is 69.3 Å². The second kappa shape index (κ2) is 12.1. The van der Waals surface area contributed by atoms with Gasteiger partial charge in [-0.15, -0.1) is 23.1 Å². The molecule has 0 saturated carbocycles. The number of rotatable bonds is 9. The third-order valence-corrected chi connectivity index (χ3v) is 7.57. The summed E-state index contributed by atoms with van der Waals surface area (Å²) in [6.07, 6.45) is -5.40. The molecule has 3 amide bonds. The van der Waals surface area contributed by atoms with Crippen LogP contribution in [0.3, 0.4) is 0 Å². The van der Waals surface area contributed by atoms with E-state index < -0.39 is 47.1 Å². The first-order valence-electron chi connectivity index (χ1n) is 11.5. The molecule has 19 heteroatoms. The normalized spacial score (nSPS) is 18.5. The maximum Gasteiger partial charge on any atom is 0.493 e. The van der Waals surface area contributed by atoms with Crippen LogP contribution in [0.5, 0.6) is 5.75 Å². The third kappa shape index (κ3) is 6.62. The molecule has 1 unspecified atom stereocenters. The van der Waals surface area contributed by atoms with Crippen LogP contribution in [-0.2, 0) is 28.8 Å². The Labute approximate surface area is 241 Å². The quantitative estimate of drug-likeness (QED) is 0.135. The van der Waals surface area contributed by atoms with Gasteiger partial charge < -0.3 is 31.0 Å². The van der Waals surface area contributed by atoms with Crippen LogP contribution < -0.4 is 21.1 Å². The number of thiazole rings is 1. The van der Waals surface area contributed by atoms with E-state index in [1.54, 1.807) is 24.3 Å². The second-order valence-corrected chi connectivity index (χ2v) is 10.5. The average Bonchev–Trinajstić information content (AvgIpc) is 3.35. The van der Waals surface area contributed by atoms with Gasteiger partial charge in [-0.3, -0.25) is 19.3 Å². The average molecular weight is 629 g/mol. The molecule has 0 spiro atoms. The Morgan fingerprint density at radius 1 is 1.24 bits per heavy atom. The number of carboxylic acid groups (broad SMARTS) is 1. The van der Waals surface area contributed by atoms with Crippen molar-refractivity contribution in [1.29, 1.82) is 0 Å². The summed E-state index contributed by atoms with van der Waals surface area (Å²) in [5, 5.41) is 17.9. The molecule has 0 aliphatic carbocycles. The Morgan fingerprint density at radius 3 is 2.50 bits per heavy atom. The van der Waals surface area contributed by atoms with Gasteiger partial charge in [-0.25, -0.2) is 14.6 Å². The van der Waals surface area contributed by atoms with Gasteiger partial charge >= 0.3 is 18.1 Å². The number of carbonyl (C=O) groups excluding carboxylic acids is 4. The number of nitrogens with one attached hydrogen (secondary N) is 2. The van der Waals surface area contributed by atoms with E-state index in [9.17, 15) is 42.3 Å². The molecule has 222 valence electrons. The number of aliphatic carboxylic acids is 1. The van der Waals surface area contributed by atoms with Crippen molar-refractivity contribution in [2.75, 3.05) is 23.4 Å². The van der Waals surface area contributed by atoms with Crippen LogP contribution in [0.1, 0.15) is 12.6 Å². The van der Waals surface area contributed by atoms with Crippen molar-refractivity contribution in [3.63, 3.8) is 0 Å². The Balaban J connectivity index is 1.47. The van der Waals surface area contributed by atoms with Crippen molar-refractivity contribution in [3.8, 4) is 5.75 Å². The number of hydrogen-bond donors (Lipinski definition) is 4. The van der Waals surface area contributed by atoms with Crippen LogP contribution in [-0.4, -0.2) is 80.3 Å². The van der Waals surface area contributed by atoms with Gasteiger partial charge in [0.2, 0.25) is 5.91 Å². The highest BCUT2D eigenvalue weighted by molar-refractivity contribution is 8.00. The van der Waals surface area contributed by atoms with E-state index in [-0.39, 0.29) is 40.4 Å². The minimum atomic E-state index is -5.40. The predicted octanol–water partition coefficient (Wildman–Crippen LogP) is 1.31. The van der Waals surface area contributed by atoms with Gasteiger partial charge in [0.25, 0.3) is 11.8 Å². The summed E-state index contributed by atoms with van der Waals surface area (Å²) in [6.45, 7) is 1.17. The topological polar surface area (TPSA) is 203 Å². The number of β-lactam (4-membered cyclic amide) rings is 1. The Morgan fingerprint density at radius 2 is 1.93 bits per heavy atom. The zero-order chi connectivity index (χ0) is 30.8. The van der Waals surface area contributed by atoms with Crippen molar-refractivity contribution < 1.29 is 51.8 Å². The first-order valence-corrected chi connectivity index (χ1v) is 13.5. The lowest BCUT2D eigenvalue weighted by atomic mass is 10.0. The van der Waals surface area contributed by atoms with Crippen LogP contribution in [0.4, 0.5) is 24.0 Å². The van der Waals surface area contributed by atoms with Crippen LogP contribution in [0.25, 0.3) is 0 Å². The van der Waals surface area contributed by atoms with E-state index in [1.165, 1.54) is 12.3 Å². The highest BCUT2D eigenvalue weighted by Gasteiger charge is 2.54. The number of ether oxygens (including phenoxy) is 1. The number of benzene rings is 1. The summed E-state index contributed by atoms with van der Waals surface area (Å²) in [6, 6.07) is 5.00. The van der Waals surface area contributed by atoms with E-state index >= 15 is 0 Å². The lowest BCUT2D eigenvalue weighted by molar-refractivity contribution is -0.199. The molecular formula is C23H19F3N6O8S2. The standard InChI is InChI=1S/C23H19F3N6O8S2/c1-9(33)28-11-2-4-12(5-3-11)39-6-10-7-41-19-15(18(35)32(19)16(10)20(36)37)30-17(34)14(13-8-42-22(27)29-13)31-40-21(38)23(24,25)26/h2-5,8,15,19H,6-7H2,1H3,(H2,27,29)(H,28,33)(H,30,34)(H,36,37)/t15?,19-/m0/s1. The van der Waals surface area contributed by atoms with Crippen molar-refractivity contribution in [3.05, 3.63) is 46.6 Å². The monoisotopic (exact) mass is 628 g/mol. The molecule has 0 radical (unpaired) electrons. The summed E-state index contributed by atoms with van der Waals surface area (Å²) in [4.78, 5) is 68.8. The lowest BCUT2D eigenvalue weighted by Gasteiger charge is -2.49. The molecule has 4 rings (SSSR count). The van der Waals surface area contributed by atoms with Gasteiger partial charge in [0.1, 0.15) is 35.2 Å². The highest BCUT2D eigenvalue weighted by Crippen LogP contribution is 2.40. The number of carbonyl (C=O) groups is 5. The molecule has 42 heavy (non-hydrogen) atoms. The highest BCUT2D eigenvalue weighted by atomic mass is 32.2. The summed E-state index contributed by atoms with van der Waals surface area (Å²) < 4.78 is 43.3. The Bertz CT molecular complexity index is 1510. The van der Waals surface area contributed by atoms with E-state index in [0.29, 0.717) is 11.4 Å². The van der Waals surface area contributed by atoms with Gasteiger partial charge in [-0.1, -0.05) is 5.16 Å². The number of anilines is 2. The number of alkyl halides is 3. The molecule has 1 fully saturated rings. The summed E-state index contributed by atoms with van der Waals surface area (Å²) >= 11 is 1.93. The van der Waals surface area contributed by atoms with Gasteiger partial charge in [-0.05, 0) is 24.3 Å². The zero-order valence-corrected chi connectivity index (χ0v) is 22.8. The van der Waals surface area contributed by atoms with Crippen molar-refractivity contribution in [2.45, 2.75) is 24.5 Å². The molecular weight excluding hydrogens is 609 g/mol. The summed E-state index contributed by atoms with van der Waals surface area (Å²) in [7, 11) is 0. The van der Waals surface area contributed by atoms with Crippen molar-refractivity contribution in [1.82, 2.24) is 15.2 Å². The molecule has 1 aromatic heterocycles. The molecule has 0 bridgehead atoms. The molecule has 1 saturated heterocycles. The number of aromatic nitrogens is 1. The van der Waals surface area contributed by atoms with E-state index in [0.717, 1.165) is 28.0 Å². The number of halogens is 3. The van der Waals surface area contributed by atoms with Gasteiger partial charge in [0.15, 0.2) is 10.8 Å². The molecule has 2 atom stereocenters. The molecule has 2 aliphatic rings. The lowest BCUT2D eigenvalue weighted by Crippen LogP contribution is -2.71. The maximum atomic E-state index is 13.0. The smallest absolute Gasteiger partial charge is 0.489 e. The number of hydrogen-bond acceptors (Lipinski definition) is 12. The molecule has 2 aliphatic heterocycles. The second-order valence-electron chi connectivity index (χ2n) is 8.50. The number of fused-ring (bicyclic) bond motifs is 1. The number of nitrogen functional groups attached to an aromatic ring is 1. The molecule has 3 heterocycles. The Hall–Kier alpha value is -4.65. The largest absolute Gasteiger partial charge is 0.493 e. The first-order chi connectivity index (χ1) is 19.8. The fourth-order valence-electron chi connectivity index (χ4n) is 3.75. The number of nitrogens with two attached hydrogens (primary N) is 1. The molecule has 5 N–H and O–H groups in total. The van der Waals surface area contributed by atoms with Gasteiger partial charge in [0, 0.05) is 29.3 Å². The van der Waals surface area contributed by atoms with Crippen molar-refractivity contribution in [2.24, 2.45) is 5.16 Å². The zero-order valence-electron chi connectivity index (χ0n) is 21.1. The van der Waals surface area contributed by atoms with Crippen LogP contribution in [0.2, 0.25) is 0 Å². The predicted molar refractivity (Wildman–Crippen MR) is 141 cm³/mol. The fourth-order valence-corrected chi connectivity index (χ4v) is 5.63. The number of nitrogens with zero attached hydrogens (tertiary/aromatic N) is 3. The summed E-state index contributed by atoms with van der Waals surface area (Å²) in [5.74, 6) is -5.94. The molecule has 14 nitrogen and oxygen atoms in total. The minimum Gasteiger partial charge on any atom is -0.489 e. The SMILES string of the molecule is CC(=O)Nc1ccc(OCC2=C(C(=O)O)N3C(=O)C(NC(=O)C(=NOC(=O)C(F)(F)F)c4csc(N)n4)[C@@H]3SC2)cc1. The van der Waals surface area contributed by atoms with Crippen LogP contribution in [0.15, 0.2) is 46.1 Å². The number of amides is 3. The minimum absolute atomic E-state index is 0.0731. The van der Waals surface area contributed by atoms with Crippen LogP contribution in [0, 0.1) is 0 Å². The number of thioether (sulfide) groups is 1. The first kappa shape index (κ1) is 30.3. The number of oxime groups is 1. The van der Waals surface area contributed by atoms with E-state index in [4.69, 9.17) is 10.5 Å². The van der Waals surface area contributed by atoms with E-state index in [2.05, 4.69) is 25.6 Å². The van der Waals surface area contributed by atoms with Gasteiger partial charge in [-0.2, -0.15) is 13.2 Å². The third-order valence-electron chi connectivity index (χ3n) is 5.56.